The van der Waals surface area contributed by atoms with Gasteiger partial charge in [-0.1, -0.05) is 61.5 Å². The molecule has 0 fully saturated rings. The van der Waals surface area contributed by atoms with Crippen LogP contribution >= 0.6 is 12.4 Å². The lowest BCUT2D eigenvalue weighted by Crippen LogP contribution is -2.01. The van der Waals surface area contributed by atoms with E-state index in [1.807, 2.05) is 42.5 Å². The van der Waals surface area contributed by atoms with Gasteiger partial charge in [-0.3, -0.25) is 0 Å². The SMILES string of the molecule is CCC(C)c1ccccc1OCc1nc(-c2ccc(CN)cc2)no1.Cl. The molecule has 3 aromatic rings. The van der Waals surface area contributed by atoms with Crippen LogP contribution in [0, 0.1) is 0 Å². The second-order valence-corrected chi connectivity index (χ2v) is 6.05. The van der Waals surface area contributed by atoms with Gasteiger partial charge in [-0.05, 0) is 29.5 Å². The fourth-order valence-electron chi connectivity index (χ4n) is 2.60. The van der Waals surface area contributed by atoms with Crippen LogP contribution in [-0.4, -0.2) is 10.1 Å². The molecule has 1 heterocycles. The Kier molecular flexibility index (Phi) is 7.18. The third-order valence-corrected chi connectivity index (χ3v) is 4.33. The topological polar surface area (TPSA) is 74.2 Å². The van der Waals surface area contributed by atoms with Crippen LogP contribution in [0.2, 0.25) is 0 Å². The van der Waals surface area contributed by atoms with Gasteiger partial charge in [0, 0.05) is 12.1 Å². The molecule has 1 unspecified atom stereocenters. The molecular weight excluding hydrogens is 350 g/mol. The highest BCUT2D eigenvalue weighted by Crippen LogP contribution is 2.29. The van der Waals surface area contributed by atoms with E-state index in [2.05, 4.69) is 30.1 Å². The summed E-state index contributed by atoms with van der Waals surface area (Å²) in [6, 6.07) is 15.9. The molecule has 0 aliphatic rings. The number of hydrogen-bond donors (Lipinski definition) is 1. The fraction of sp³-hybridized carbons (Fsp3) is 0.300. The molecule has 26 heavy (non-hydrogen) atoms. The Morgan fingerprint density at radius 2 is 1.85 bits per heavy atom. The zero-order valence-corrected chi connectivity index (χ0v) is 15.8. The summed E-state index contributed by atoms with van der Waals surface area (Å²) in [5, 5.41) is 4.03. The maximum Gasteiger partial charge on any atom is 0.264 e. The molecule has 0 saturated heterocycles. The first-order chi connectivity index (χ1) is 12.2. The summed E-state index contributed by atoms with van der Waals surface area (Å²) in [7, 11) is 0. The van der Waals surface area contributed by atoms with E-state index in [0.29, 0.717) is 24.2 Å². The lowest BCUT2D eigenvalue weighted by atomic mass is 9.98. The maximum absolute atomic E-state index is 5.92. The summed E-state index contributed by atoms with van der Waals surface area (Å²) in [4.78, 5) is 4.41. The van der Waals surface area contributed by atoms with Gasteiger partial charge in [0.15, 0.2) is 6.61 Å². The van der Waals surface area contributed by atoms with Crippen LogP contribution in [0.1, 0.15) is 43.2 Å². The van der Waals surface area contributed by atoms with E-state index in [1.54, 1.807) is 0 Å². The van der Waals surface area contributed by atoms with Crippen molar-refractivity contribution in [1.29, 1.82) is 0 Å². The molecule has 1 atom stereocenters. The first kappa shape index (κ1) is 19.9. The summed E-state index contributed by atoms with van der Waals surface area (Å²) in [5.74, 6) is 2.31. The molecule has 0 saturated carbocycles. The molecule has 6 heteroatoms. The molecule has 3 rings (SSSR count). The van der Waals surface area contributed by atoms with Crippen molar-refractivity contribution in [1.82, 2.24) is 10.1 Å². The van der Waals surface area contributed by atoms with Gasteiger partial charge >= 0.3 is 0 Å². The van der Waals surface area contributed by atoms with Gasteiger partial charge in [0.2, 0.25) is 5.82 Å². The number of ether oxygens (including phenoxy) is 1. The smallest absolute Gasteiger partial charge is 0.264 e. The van der Waals surface area contributed by atoms with Gasteiger partial charge < -0.3 is 15.0 Å². The van der Waals surface area contributed by atoms with E-state index in [1.165, 1.54) is 5.56 Å². The van der Waals surface area contributed by atoms with E-state index in [9.17, 15) is 0 Å². The van der Waals surface area contributed by atoms with Crippen LogP contribution in [0.15, 0.2) is 53.1 Å². The summed E-state index contributed by atoms with van der Waals surface area (Å²) in [6.07, 6.45) is 1.06. The number of aromatic nitrogens is 2. The first-order valence-electron chi connectivity index (χ1n) is 8.55. The minimum absolute atomic E-state index is 0. The molecule has 5 nitrogen and oxygen atoms in total. The van der Waals surface area contributed by atoms with Crippen LogP contribution in [0.25, 0.3) is 11.4 Å². The summed E-state index contributed by atoms with van der Waals surface area (Å²) >= 11 is 0. The first-order valence-corrected chi connectivity index (χ1v) is 8.55. The number of rotatable bonds is 7. The molecule has 0 aliphatic heterocycles. The number of hydrogen-bond acceptors (Lipinski definition) is 5. The Balaban J connectivity index is 0.00000243. The van der Waals surface area contributed by atoms with Crippen molar-refractivity contribution in [3.8, 4) is 17.1 Å². The largest absolute Gasteiger partial charge is 0.483 e. The Bertz CT molecular complexity index is 818. The summed E-state index contributed by atoms with van der Waals surface area (Å²) < 4.78 is 11.2. The lowest BCUT2D eigenvalue weighted by Gasteiger charge is -2.14. The minimum atomic E-state index is 0. The number of nitrogens with two attached hydrogens (primary N) is 1. The number of nitrogens with zero attached hydrogens (tertiary/aromatic N) is 2. The van der Waals surface area contributed by atoms with Crippen LogP contribution in [0.3, 0.4) is 0 Å². The van der Waals surface area contributed by atoms with Gasteiger partial charge in [-0.2, -0.15) is 4.98 Å². The second kappa shape index (κ2) is 9.36. The van der Waals surface area contributed by atoms with E-state index >= 15 is 0 Å². The zero-order valence-electron chi connectivity index (χ0n) is 15.0. The highest BCUT2D eigenvalue weighted by molar-refractivity contribution is 5.85. The van der Waals surface area contributed by atoms with E-state index in [0.717, 1.165) is 23.3 Å². The lowest BCUT2D eigenvalue weighted by molar-refractivity contribution is 0.240. The van der Waals surface area contributed by atoms with E-state index in [4.69, 9.17) is 15.0 Å². The van der Waals surface area contributed by atoms with Crippen molar-refractivity contribution in [2.75, 3.05) is 0 Å². The third kappa shape index (κ3) is 4.62. The Labute approximate surface area is 160 Å². The number of halogens is 1. The Morgan fingerprint density at radius 3 is 2.54 bits per heavy atom. The molecule has 0 aliphatic carbocycles. The second-order valence-electron chi connectivity index (χ2n) is 6.05. The predicted molar refractivity (Wildman–Crippen MR) is 104 cm³/mol. The van der Waals surface area contributed by atoms with Crippen LogP contribution < -0.4 is 10.5 Å². The highest BCUT2D eigenvalue weighted by Gasteiger charge is 2.12. The van der Waals surface area contributed by atoms with Gasteiger partial charge in [-0.25, -0.2) is 0 Å². The molecule has 2 N–H and O–H groups in total. The average Bonchev–Trinajstić information content (AvgIpc) is 3.15. The average molecular weight is 374 g/mol. The van der Waals surface area contributed by atoms with Crippen molar-refractivity contribution in [2.45, 2.75) is 39.3 Å². The maximum atomic E-state index is 5.92. The van der Waals surface area contributed by atoms with E-state index < -0.39 is 0 Å². The van der Waals surface area contributed by atoms with Crippen molar-refractivity contribution in [3.05, 3.63) is 65.5 Å². The predicted octanol–water partition coefficient (Wildman–Crippen LogP) is 4.71. The Morgan fingerprint density at radius 1 is 1.12 bits per heavy atom. The fourth-order valence-corrected chi connectivity index (χ4v) is 2.60. The number of para-hydroxylation sites is 1. The normalized spacial score (nSPS) is 11.7. The molecule has 138 valence electrons. The van der Waals surface area contributed by atoms with E-state index in [-0.39, 0.29) is 19.0 Å². The molecule has 1 aromatic heterocycles. The van der Waals surface area contributed by atoms with Crippen LogP contribution in [0.4, 0.5) is 0 Å². The molecule has 2 aromatic carbocycles. The van der Waals surface area contributed by atoms with Crippen LogP contribution in [0.5, 0.6) is 5.75 Å². The van der Waals surface area contributed by atoms with Crippen molar-refractivity contribution < 1.29 is 9.26 Å². The monoisotopic (exact) mass is 373 g/mol. The van der Waals surface area contributed by atoms with Gasteiger partial charge in [-0.15, -0.1) is 12.4 Å². The molecule has 0 spiro atoms. The number of benzene rings is 2. The van der Waals surface area contributed by atoms with Gasteiger partial charge in [0.25, 0.3) is 5.89 Å². The standard InChI is InChI=1S/C20H23N3O2.ClH/c1-3-14(2)17-6-4-5-7-18(17)24-13-19-22-20(23-25-19)16-10-8-15(12-21)9-11-16;/h4-11,14H,3,12-13,21H2,1-2H3;1H. The zero-order chi connectivity index (χ0) is 17.6. The molecule has 0 radical (unpaired) electrons. The Hall–Kier alpha value is -2.37. The molecule has 0 bridgehead atoms. The van der Waals surface area contributed by atoms with Crippen molar-refractivity contribution in [3.63, 3.8) is 0 Å². The molecular formula is C20H24ClN3O2. The highest BCUT2D eigenvalue weighted by atomic mass is 35.5. The minimum Gasteiger partial charge on any atom is -0.483 e. The van der Waals surface area contributed by atoms with Crippen molar-refractivity contribution in [2.24, 2.45) is 5.73 Å². The summed E-state index contributed by atoms with van der Waals surface area (Å²) in [5.41, 5.74) is 8.77. The van der Waals surface area contributed by atoms with Crippen molar-refractivity contribution >= 4 is 12.4 Å². The molecule has 0 amide bonds. The summed E-state index contributed by atoms with van der Waals surface area (Å²) in [6.45, 7) is 5.13. The van der Waals surface area contributed by atoms with Gasteiger partial charge in [0.05, 0.1) is 0 Å². The quantitative estimate of drug-likeness (QED) is 0.649. The van der Waals surface area contributed by atoms with Crippen LogP contribution in [-0.2, 0) is 13.2 Å². The van der Waals surface area contributed by atoms with Gasteiger partial charge in [0.1, 0.15) is 5.75 Å². The third-order valence-electron chi connectivity index (χ3n) is 4.33.